The summed E-state index contributed by atoms with van der Waals surface area (Å²) in [6.07, 6.45) is -2.74. The number of hydrogen-bond acceptors (Lipinski definition) is 10. The van der Waals surface area contributed by atoms with Crippen molar-refractivity contribution in [2.24, 2.45) is 0 Å². The summed E-state index contributed by atoms with van der Waals surface area (Å²) in [7, 11) is 4.77. The molecule has 0 saturated carbocycles. The summed E-state index contributed by atoms with van der Waals surface area (Å²) in [6, 6.07) is 33.7. The van der Waals surface area contributed by atoms with E-state index in [4.69, 9.17) is 28.4 Å². The van der Waals surface area contributed by atoms with Gasteiger partial charge in [-0.3, -0.25) is 9.36 Å². The Bertz CT molecular complexity index is 1960. The highest BCUT2D eigenvalue weighted by Gasteiger charge is 2.48. The van der Waals surface area contributed by atoms with Gasteiger partial charge in [-0.1, -0.05) is 72.8 Å². The van der Waals surface area contributed by atoms with Crippen LogP contribution >= 0.6 is 0 Å². The SMILES string of the molecule is COCCO[C@H]1[C@@H](O)[C@H](n2cc(C)c(NC(=O)c3ccccc3)nc2=O)O[C@@H]1COC(c1ccccc1)(c1ccc(OC)cc1)c1ccc(OC)cc1. The Balaban J connectivity index is 1.35. The molecule has 5 aromatic rings. The molecule has 0 aliphatic carbocycles. The Morgan fingerprint density at radius 3 is 1.96 bits per heavy atom. The maximum absolute atomic E-state index is 13.5. The maximum atomic E-state index is 13.5. The molecule has 0 radical (unpaired) electrons. The van der Waals surface area contributed by atoms with Crippen LogP contribution in [-0.4, -0.2) is 80.0 Å². The van der Waals surface area contributed by atoms with Crippen molar-refractivity contribution in [2.75, 3.05) is 46.5 Å². The molecule has 2 heterocycles. The van der Waals surface area contributed by atoms with Crippen LogP contribution in [0.15, 0.2) is 120 Å². The summed E-state index contributed by atoms with van der Waals surface area (Å²) >= 11 is 0. The van der Waals surface area contributed by atoms with E-state index in [1.807, 2.05) is 78.9 Å². The Kier molecular flexibility index (Phi) is 12.0. The minimum atomic E-state index is -1.29. The molecule has 0 unspecified atom stereocenters. The van der Waals surface area contributed by atoms with E-state index in [1.54, 1.807) is 58.6 Å². The zero-order chi connectivity index (χ0) is 37.4. The van der Waals surface area contributed by atoms with Crippen molar-refractivity contribution in [1.82, 2.24) is 9.55 Å². The van der Waals surface area contributed by atoms with Gasteiger partial charge in [-0.15, -0.1) is 0 Å². The molecule has 1 aliphatic rings. The molecule has 2 N–H and O–H groups in total. The molecule has 1 aliphatic heterocycles. The number of aliphatic hydroxyl groups excluding tert-OH is 1. The van der Waals surface area contributed by atoms with Gasteiger partial charge in [0.25, 0.3) is 5.91 Å². The van der Waals surface area contributed by atoms with Gasteiger partial charge in [-0.2, -0.15) is 4.98 Å². The molecule has 0 spiro atoms. The Morgan fingerprint density at radius 1 is 0.830 bits per heavy atom. The number of aliphatic hydroxyl groups is 1. The second-order valence-electron chi connectivity index (χ2n) is 12.5. The van der Waals surface area contributed by atoms with Gasteiger partial charge in [0.2, 0.25) is 0 Å². The van der Waals surface area contributed by atoms with E-state index >= 15 is 0 Å². The number of carbonyl (C=O) groups is 1. The molecule has 4 aromatic carbocycles. The van der Waals surface area contributed by atoms with Crippen LogP contribution in [0.25, 0.3) is 0 Å². The third-order valence-electron chi connectivity index (χ3n) is 9.22. The fourth-order valence-corrected chi connectivity index (χ4v) is 6.48. The zero-order valence-electron chi connectivity index (χ0n) is 30.0. The molecular formula is C41H43N3O9. The molecule has 276 valence electrons. The summed E-state index contributed by atoms with van der Waals surface area (Å²) in [5.74, 6) is 1.06. The molecule has 4 atom stereocenters. The molecule has 1 aromatic heterocycles. The minimum Gasteiger partial charge on any atom is -0.497 e. The first-order valence-electron chi connectivity index (χ1n) is 17.2. The van der Waals surface area contributed by atoms with Crippen LogP contribution in [0.1, 0.15) is 38.8 Å². The van der Waals surface area contributed by atoms with Gasteiger partial charge in [-0.05, 0) is 60.0 Å². The summed E-state index contributed by atoms with van der Waals surface area (Å²) in [5.41, 5.74) is 1.47. The van der Waals surface area contributed by atoms with Crippen LogP contribution in [0.3, 0.4) is 0 Å². The van der Waals surface area contributed by atoms with Gasteiger partial charge in [-0.25, -0.2) is 4.79 Å². The first-order valence-corrected chi connectivity index (χ1v) is 17.2. The predicted octanol–water partition coefficient (Wildman–Crippen LogP) is 5.12. The first kappa shape index (κ1) is 37.4. The normalized spacial score (nSPS) is 18.4. The van der Waals surface area contributed by atoms with Gasteiger partial charge in [0, 0.05) is 24.4 Å². The zero-order valence-corrected chi connectivity index (χ0v) is 30.0. The number of carbonyl (C=O) groups excluding carboxylic acids is 1. The number of ether oxygens (including phenoxy) is 6. The largest absolute Gasteiger partial charge is 0.497 e. The quantitative estimate of drug-likeness (QED) is 0.111. The van der Waals surface area contributed by atoms with E-state index in [0.717, 1.165) is 16.7 Å². The van der Waals surface area contributed by atoms with Crippen LogP contribution in [0.2, 0.25) is 0 Å². The molecular weight excluding hydrogens is 678 g/mol. The van der Waals surface area contributed by atoms with E-state index in [1.165, 1.54) is 10.8 Å². The fraction of sp³-hybridized carbons (Fsp3) is 0.293. The second kappa shape index (κ2) is 17.0. The van der Waals surface area contributed by atoms with Crippen molar-refractivity contribution < 1.29 is 38.3 Å². The van der Waals surface area contributed by atoms with Crippen molar-refractivity contribution >= 4 is 11.7 Å². The molecule has 1 amide bonds. The average Bonchev–Trinajstić information content (AvgIpc) is 3.51. The molecule has 12 nitrogen and oxygen atoms in total. The van der Waals surface area contributed by atoms with Crippen molar-refractivity contribution in [1.29, 1.82) is 0 Å². The smallest absolute Gasteiger partial charge is 0.351 e. The van der Waals surface area contributed by atoms with Gasteiger partial charge in [0.05, 0.1) is 34.0 Å². The molecule has 1 fully saturated rings. The van der Waals surface area contributed by atoms with Crippen LogP contribution in [0.5, 0.6) is 11.5 Å². The third kappa shape index (κ3) is 8.02. The molecule has 53 heavy (non-hydrogen) atoms. The number of rotatable bonds is 15. The van der Waals surface area contributed by atoms with E-state index < -0.39 is 41.7 Å². The number of aromatic nitrogens is 2. The van der Waals surface area contributed by atoms with Gasteiger partial charge in [0.15, 0.2) is 6.23 Å². The lowest BCUT2D eigenvalue weighted by Gasteiger charge is -2.37. The topological polar surface area (TPSA) is 140 Å². The van der Waals surface area contributed by atoms with Crippen molar-refractivity contribution in [3.05, 3.63) is 154 Å². The summed E-state index contributed by atoms with van der Waals surface area (Å²) in [5, 5.41) is 14.4. The van der Waals surface area contributed by atoms with Crippen LogP contribution in [0.4, 0.5) is 5.82 Å². The van der Waals surface area contributed by atoms with E-state index in [9.17, 15) is 14.7 Å². The number of amides is 1. The number of nitrogens with zero attached hydrogens (tertiary/aromatic N) is 2. The third-order valence-corrected chi connectivity index (χ3v) is 9.22. The lowest BCUT2D eigenvalue weighted by Crippen LogP contribution is -2.41. The van der Waals surface area contributed by atoms with Gasteiger partial charge < -0.3 is 38.8 Å². The summed E-state index contributed by atoms with van der Waals surface area (Å²) in [4.78, 5) is 30.5. The van der Waals surface area contributed by atoms with E-state index in [2.05, 4.69) is 10.3 Å². The molecule has 6 rings (SSSR count). The highest BCUT2D eigenvalue weighted by Crippen LogP contribution is 2.43. The maximum Gasteiger partial charge on any atom is 0.351 e. The van der Waals surface area contributed by atoms with E-state index in [0.29, 0.717) is 22.6 Å². The second-order valence-corrected chi connectivity index (χ2v) is 12.5. The van der Waals surface area contributed by atoms with Crippen molar-refractivity contribution in [2.45, 2.75) is 37.1 Å². The Morgan fingerprint density at radius 2 is 1.40 bits per heavy atom. The molecule has 0 bridgehead atoms. The number of methoxy groups -OCH3 is 3. The number of aryl methyl sites for hydroxylation is 1. The Hall–Kier alpha value is -5.37. The standard InChI is InChI=1S/C41H43N3O9/c1-27-25-44(40(47)43-37(27)42-38(46)28-11-7-5-8-12-28)39-35(45)36(51-24-23-48-2)34(53-39)26-52-41(29-13-9-6-10-14-29,30-15-19-32(49-3)20-16-30)31-17-21-33(50-4)22-18-31/h5-22,25,34-36,39,45H,23-24,26H2,1-4H3,(H,42,43,46,47)/t34-,35-,36-,39-/m1/s1. The Labute approximate surface area is 307 Å². The number of anilines is 1. The van der Waals surface area contributed by atoms with E-state index in [-0.39, 0.29) is 25.6 Å². The van der Waals surface area contributed by atoms with Crippen LogP contribution < -0.4 is 20.5 Å². The van der Waals surface area contributed by atoms with Crippen molar-refractivity contribution in [3.63, 3.8) is 0 Å². The highest BCUT2D eigenvalue weighted by atomic mass is 16.6. The first-order chi connectivity index (χ1) is 25.8. The monoisotopic (exact) mass is 721 g/mol. The predicted molar refractivity (Wildman–Crippen MR) is 197 cm³/mol. The lowest BCUT2D eigenvalue weighted by molar-refractivity contribution is -0.107. The van der Waals surface area contributed by atoms with Crippen LogP contribution in [-0.2, 0) is 24.5 Å². The van der Waals surface area contributed by atoms with Crippen LogP contribution in [0, 0.1) is 6.92 Å². The number of hydrogen-bond donors (Lipinski definition) is 2. The minimum absolute atomic E-state index is 0.0649. The fourth-order valence-electron chi connectivity index (χ4n) is 6.48. The molecule has 12 heteroatoms. The number of benzene rings is 4. The number of nitrogens with one attached hydrogen (secondary N) is 1. The summed E-state index contributed by atoms with van der Waals surface area (Å²) in [6.45, 7) is 2.06. The van der Waals surface area contributed by atoms with Gasteiger partial charge >= 0.3 is 5.69 Å². The van der Waals surface area contributed by atoms with Crippen molar-refractivity contribution in [3.8, 4) is 11.5 Å². The summed E-state index contributed by atoms with van der Waals surface area (Å²) < 4.78 is 37.1. The van der Waals surface area contributed by atoms with Gasteiger partial charge in [0.1, 0.15) is 41.2 Å². The lowest BCUT2D eigenvalue weighted by atomic mass is 9.80. The highest BCUT2D eigenvalue weighted by molar-refractivity contribution is 6.04. The average molecular weight is 722 g/mol. The molecule has 1 saturated heterocycles.